The monoisotopic (exact) mass is 1430 g/mol. The third kappa shape index (κ3) is 58.3. The number of H-pyrrole nitrogens is 1. The molecule has 0 aliphatic carbocycles. The highest BCUT2D eigenvalue weighted by Crippen LogP contribution is 2.30. The zero-order valence-corrected chi connectivity index (χ0v) is 72.7. The lowest BCUT2D eigenvalue weighted by Crippen LogP contribution is -2.07. The zero-order valence-electron chi connectivity index (χ0n) is 71.0. The van der Waals surface area contributed by atoms with Crippen molar-refractivity contribution < 1.29 is 4.42 Å². The van der Waals surface area contributed by atoms with Crippen molar-refractivity contribution in [3.63, 3.8) is 0 Å². The van der Waals surface area contributed by atoms with E-state index in [2.05, 4.69) is 347 Å². The Hall–Kier alpha value is -6.97. The van der Waals surface area contributed by atoms with E-state index in [1.54, 1.807) is 49.3 Å². The number of benzene rings is 1. The number of nitrogens with one attached hydrogen (secondary N) is 1. The van der Waals surface area contributed by atoms with Crippen molar-refractivity contribution in [2.75, 3.05) is 0 Å². The number of imidazole rings is 1. The maximum atomic E-state index is 4.72. The highest BCUT2D eigenvalue weighted by molar-refractivity contribution is 7.09. The predicted octanol–water partition coefficient (Wildman–Crippen LogP) is 26.6. The minimum Gasteiger partial charge on any atom is -0.449 e. The Balaban J connectivity index is -0.000000514. The van der Waals surface area contributed by atoms with Gasteiger partial charge in [-0.1, -0.05) is 163 Å². The maximum absolute atomic E-state index is 4.72. The molecule has 0 amide bonds. The topological polar surface area (TPSA) is 154 Å². The van der Waals surface area contributed by atoms with Gasteiger partial charge in [-0.2, -0.15) is 4.37 Å². The largest absolute Gasteiger partial charge is 0.449 e. The molecule has 1 unspecified atom stereocenters. The highest BCUT2D eigenvalue weighted by Gasteiger charge is 2.12. The number of oxazole rings is 1. The molecule has 8 aromatic heterocycles. The molecule has 0 radical (unpaired) electrons. The van der Waals surface area contributed by atoms with Crippen LogP contribution in [0.25, 0.3) is 21.5 Å². The minimum atomic E-state index is 0.0833. The zero-order chi connectivity index (χ0) is 78.7. The van der Waals surface area contributed by atoms with Gasteiger partial charge >= 0.3 is 0 Å². The van der Waals surface area contributed by atoms with Crippen LogP contribution in [0.15, 0.2) is 130 Å². The lowest BCUT2D eigenvalue weighted by atomic mass is 9.99. The summed E-state index contributed by atoms with van der Waals surface area (Å²) < 4.78 is 13.5. The number of aromatic amines is 1. The molecule has 0 saturated carbocycles. The van der Waals surface area contributed by atoms with Gasteiger partial charge in [0.2, 0.25) is 0 Å². The molecule has 1 N–H and O–H groups in total. The van der Waals surface area contributed by atoms with E-state index >= 15 is 0 Å². The van der Waals surface area contributed by atoms with Crippen molar-refractivity contribution >= 4 is 56.8 Å². The van der Waals surface area contributed by atoms with Crippen molar-refractivity contribution in [2.24, 2.45) is 45.5 Å². The van der Waals surface area contributed by atoms with Gasteiger partial charge in [0.15, 0.2) is 5.89 Å². The second-order valence-corrected chi connectivity index (χ2v) is 32.5. The van der Waals surface area contributed by atoms with Crippen LogP contribution < -0.4 is 0 Å². The average Bonchev–Trinajstić information content (AvgIpc) is 1.63. The van der Waals surface area contributed by atoms with Crippen LogP contribution in [0.3, 0.4) is 0 Å². The molecule has 10 heterocycles. The van der Waals surface area contributed by atoms with E-state index in [4.69, 9.17) is 4.42 Å². The van der Waals surface area contributed by atoms with Gasteiger partial charge in [-0.05, 0) is 224 Å². The number of allylic oxidation sites excluding steroid dienone is 2. The van der Waals surface area contributed by atoms with Gasteiger partial charge in [-0.3, -0.25) is 24.9 Å². The first-order chi connectivity index (χ1) is 46.8. The van der Waals surface area contributed by atoms with Crippen LogP contribution in [0.1, 0.15) is 272 Å². The number of aliphatic imine (C=N–C) groups is 2. The summed E-state index contributed by atoms with van der Waals surface area (Å²) in [6.45, 7) is 80.5. The first kappa shape index (κ1) is 100. The van der Waals surface area contributed by atoms with Gasteiger partial charge in [0.1, 0.15) is 22.9 Å². The van der Waals surface area contributed by atoms with Crippen molar-refractivity contribution in [3.8, 4) is 0 Å². The Morgan fingerprint density at radius 3 is 1.17 bits per heavy atom. The van der Waals surface area contributed by atoms with Crippen molar-refractivity contribution in [2.45, 2.75) is 293 Å². The number of pyridine rings is 2. The molecule has 0 saturated heterocycles. The fraction of sp³-hybridized carbons (Fsp3) is 0.570. The van der Waals surface area contributed by atoms with E-state index in [9.17, 15) is 0 Å². The van der Waals surface area contributed by atoms with Crippen molar-refractivity contribution in [1.82, 2.24) is 48.4 Å². The normalized spacial score (nSPS) is 12.1. The molecule has 568 valence electrons. The average molecular weight is 1430 g/mol. The molecule has 2 aliphatic rings. The summed E-state index contributed by atoms with van der Waals surface area (Å²) in [5.41, 5.74) is 8.44. The molecule has 9 aromatic rings. The third-order valence-electron chi connectivity index (χ3n) is 11.4. The van der Waals surface area contributed by atoms with Crippen LogP contribution in [0.2, 0.25) is 0 Å². The van der Waals surface area contributed by atoms with Crippen LogP contribution in [-0.4, -0.2) is 72.4 Å². The molecule has 11 rings (SSSR count). The lowest BCUT2D eigenvalue weighted by molar-refractivity contribution is 0.521. The van der Waals surface area contributed by atoms with Crippen LogP contribution in [0.4, 0.5) is 0 Å². The van der Waals surface area contributed by atoms with Gasteiger partial charge in [0.05, 0.1) is 22.8 Å². The summed E-state index contributed by atoms with van der Waals surface area (Å²) in [4.78, 5) is 36.0. The van der Waals surface area contributed by atoms with E-state index < -0.39 is 0 Å². The fourth-order valence-corrected chi connectivity index (χ4v) is 8.90. The molecule has 15 heteroatoms. The molecular formula is C86H146N12OS2. The lowest BCUT2D eigenvalue weighted by Gasteiger charge is -2.12. The SMILES string of the molecule is CC(C)C.CC(C)C.CC(C)C.CC(C)C.CC(C)C.CC(C)C.CC1(C)C=CC=N1.CC1C=CC=N1.Cc1cc2ccc3cc(C)nc(C)c3c2c(C)n1.Cc1ccc(C)n1C(C)C.Cc1cccn1C(C)C.Cc1nc(C(C)C)ns1.Cc1ncc[nH]1.Cc1ncco1.Cc1nccs1. The molecule has 13 nitrogen and oxygen atoms in total. The number of rotatable bonds is 3. The number of hydrogen-bond acceptors (Lipinski definition) is 12. The van der Waals surface area contributed by atoms with E-state index in [0.29, 0.717) is 24.0 Å². The molecule has 0 spiro atoms. The van der Waals surface area contributed by atoms with Gasteiger partial charge in [-0.25, -0.2) is 15.0 Å². The number of thiazole rings is 1. The minimum absolute atomic E-state index is 0.0833. The van der Waals surface area contributed by atoms with E-state index in [1.165, 1.54) is 50.2 Å². The van der Waals surface area contributed by atoms with Crippen LogP contribution in [0, 0.1) is 112 Å². The van der Waals surface area contributed by atoms with Crippen LogP contribution in [0.5, 0.6) is 0 Å². The number of aromatic nitrogens is 10. The third-order valence-corrected chi connectivity index (χ3v) is 12.7. The maximum Gasteiger partial charge on any atom is 0.190 e. The Labute approximate surface area is 626 Å². The van der Waals surface area contributed by atoms with Crippen molar-refractivity contribution in [3.05, 3.63) is 183 Å². The molecule has 0 fully saturated rings. The predicted molar refractivity (Wildman–Crippen MR) is 452 cm³/mol. The number of nitrogens with zero attached hydrogens (tertiary/aromatic N) is 11. The van der Waals surface area contributed by atoms with Gasteiger partial charge in [-0.15, -0.1) is 11.3 Å². The van der Waals surface area contributed by atoms with Gasteiger partial charge in [0.25, 0.3) is 0 Å². The van der Waals surface area contributed by atoms with E-state index in [-0.39, 0.29) is 5.54 Å². The Bertz CT molecular complexity index is 3260. The molecule has 1 aromatic carbocycles. The van der Waals surface area contributed by atoms with Gasteiger partial charge in [0, 0.05) is 118 Å². The molecular weight excluding hydrogens is 1280 g/mol. The van der Waals surface area contributed by atoms with Crippen molar-refractivity contribution in [1.29, 1.82) is 0 Å². The summed E-state index contributed by atoms with van der Waals surface area (Å²) in [6.07, 6.45) is 22.3. The number of aryl methyl sites for hydroxylation is 11. The first-order valence-electron chi connectivity index (χ1n) is 36.6. The first-order valence-corrected chi connectivity index (χ1v) is 38.3. The van der Waals surface area contributed by atoms with E-state index in [0.717, 1.165) is 85.8 Å². The molecule has 101 heavy (non-hydrogen) atoms. The molecule has 2 aliphatic heterocycles. The molecule has 1 atom stereocenters. The second kappa shape index (κ2) is 57.5. The smallest absolute Gasteiger partial charge is 0.190 e. The quantitative estimate of drug-likeness (QED) is 0.172. The fourth-order valence-electron chi connectivity index (χ4n) is 7.85. The van der Waals surface area contributed by atoms with Crippen LogP contribution >= 0.6 is 22.9 Å². The summed E-state index contributed by atoms with van der Waals surface area (Å²) >= 11 is 3.14. The Kier molecular flexibility index (Phi) is 57.2. The Morgan fingerprint density at radius 1 is 0.515 bits per heavy atom. The van der Waals surface area contributed by atoms with Crippen LogP contribution in [-0.2, 0) is 0 Å². The summed E-state index contributed by atoms with van der Waals surface area (Å²) in [5, 5.41) is 9.14. The molecule has 0 bridgehead atoms. The standard InChI is InChI=1S/C16H16N2.C9H15N.C8H13N.C6H10N2S.C6H9N.C5H7N.C4H6N2.C4H5NO.C4H5NS.6C4H10/c1-9-7-13-5-6-14-8-10(2)18-12(4)16(14)15(13)11(3)17-9;1-7(2)10-8(3)5-6-9(10)4;1-7(2)9-6-4-5-8(9)3;1-4(2)6-7-5(3)9-8-6;1-6(2)4-3-5-7-6;1-5-3-2-4-6-5;3*1-4-5-2-3-6-4;6*1-4(2)3/h5-8H,1-4H3;5-7H,1-4H3;4-7H,1-3H3;4H,1-3H3;3-5H,1-2H3;2-5H,1H3;2-3H,1H3,(H,5,6);2*2-3H,1H3;6*4H,1-3H3. The highest BCUT2D eigenvalue weighted by atomic mass is 32.1. The number of hydrogen-bond donors (Lipinski definition) is 1. The Morgan fingerprint density at radius 2 is 0.990 bits per heavy atom. The summed E-state index contributed by atoms with van der Waals surface area (Å²) in [7, 11) is 0. The number of fused-ring (bicyclic) bond motifs is 3. The second-order valence-electron chi connectivity index (χ2n) is 30.4. The summed E-state index contributed by atoms with van der Waals surface area (Å²) in [6, 6.07) is 18.8. The van der Waals surface area contributed by atoms with Gasteiger partial charge < -0.3 is 18.5 Å². The summed E-state index contributed by atoms with van der Waals surface area (Å²) in [5.74, 6) is 8.12. The van der Waals surface area contributed by atoms with E-state index in [1.807, 2.05) is 64.6 Å².